The van der Waals surface area contributed by atoms with Gasteiger partial charge in [0.1, 0.15) is 0 Å². The summed E-state index contributed by atoms with van der Waals surface area (Å²) in [6, 6.07) is 0.310. The summed E-state index contributed by atoms with van der Waals surface area (Å²) in [5.41, 5.74) is 0. The largest absolute Gasteiger partial charge is 0.481 e. The molecule has 16 heavy (non-hydrogen) atoms. The predicted octanol–water partition coefficient (Wildman–Crippen LogP) is 0.788. The predicted molar refractivity (Wildman–Crippen MR) is 56.5 cm³/mol. The van der Waals surface area contributed by atoms with Crippen molar-refractivity contribution in [2.45, 2.75) is 25.3 Å². The first-order chi connectivity index (χ1) is 7.66. The molecule has 3 aliphatic carbocycles. The fraction of sp³-hybridized carbons (Fsp3) is 0.667. The first-order valence-electron chi connectivity index (χ1n) is 5.88. The second-order valence-corrected chi connectivity index (χ2v) is 5.12. The number of aliphatic carboxylic acids is 1. The third kappa shape index (κ3) is 1.44. The maximum Gasteiger partial charge on any atom is 0.307 e. The highest BCUT2D eigenvalue weighted by atomic mass is 16.4. The Kier molecular flexibility index (Phi) is 2.06. The maximum atomic E-state index is 12.0. The normalized spacial score (nSPS) is 40.0. The molecule has 0 saturated heterocycles. The first kappa shape index (κ1) is 9.87. The number of nitrogens with one attached hydrogen (secondary N) is 1. The van der Waals surface area contributed by atoms with Crippen LogP contribution in [-0.2, 0) is 9.59 Å². The van der Waals surface area contributed by atoms with Crippen molar-refractivity contribution in [1.82, 2.24) is 5.32 Å². The molecule has 2 fully saturated rings. The van der Waals surface area contributed by atoms with Gasteiger partial charge >= 0.3 is 5.97 Å². The summed E-state index contributed by atoms with van der Waals surface area (Å²) in [6.07, 6.45) is 6.89. The molecule has 4 atom stereocenters. The van der Waals surface area contributed by atoms with Gasteiger partial charge in [0.05, 0.1) is 11.8 Å². The summed E-state index contributed by atoms with van der Waals surface area (Å²) in [5.74, 6) is -1.51. The van der Waals surface area contributed by atoms with Crippen LogP contribution < -0.4 is 5.32 Å². The van der Waals surface area contributed by atoms with Gasteiger partial charge < -0.3 is 10.4 Å². The monoisotopic (exact) mass is 221 g/mol. The van der Waals surface area contributed by atoms with Crippen LogP contribution >= 0.6 is 0 Å². The van der Waals surface area contributed by atoms with Crippen molar-refractivity contribution in [3.8, 4) is 0 Å². The Morgan fingerprint density at radius 3 is 2.31 bits per heavy atom. The average Bonchev–Trinajstić information content (AvgIpc) is 2.81. The van der Waals surface area contributed by atoms with Crippen molar-refractivity contribution >= 4 is 11.9 Å². The van der Waals surface area contributed by atoms with E-state index in [-0.39, 0.29) is 23.7 Å². The van der Waals surface area contributed by atoms with Gasteiger partial charge in [0.2, 0.25) is 5.91 Å². The molecule has 2 N–H and O–H groups in total. The number of carboxylic acids is 1. The average molecular weight is 221 g/mol. The van der Waals surface area contributed by atoms with Crippen molar-refractivity contribution in [3.63, 3.8) is 0 Å². The Bertz CT molecular complexity index is 372. The summed E-state index contributed by atoms with van der Waals surface area (Å²) in [7, 11) is 0. The van der Waals surface area contributed by atoms with Crippen LogP contribution in [0.5, 0.6) is 0 Å². The molecule has 0 aromatic carbocycles. The van der Waals surface area contributed by atoms with E-state index < -0.39 is 11.9 Å². The van der Waals surface area contributed by atoms with Crippen molar-refractivity contribution in [2.75, 3.05) is 0 Å². The van der Waals surface area contributed by atoms with Gasteiger partial charge in [-0.15, -0.1) is 0 Å². The lowest BCUT2D eigenvalue weighted by Crippen LogP contribution is -2.40. The van der Waals surface area contributed by atoms with Crippen LogP contribution in [0.15, 0.2) is 12.2 Å². The number of carbonyl (C=O) groups is 2. The lowest BCUT2D eigenvalue weighted by Gasteiger charge is -2.23. The molecule has 86 valence electrons. The van der Waals surface area contributed by atoms with Crippen LogP contribution in [-0.4, -0.2) is 23.0 Å². The van der Waals surface area contributed by atoms with Crippen molar-refractivity contribution in [1.29, 1.82) is 0 Å². The van der Waals surface area contributed by atoms with E-state index in [1.807, 2.05) is 12.2 Å². The minimum absolute atomic E-state index is 0.0493. The molecular formula is C12H15NO3. The SMILES string of the molecule is O=C(O)[C@H]1[C@H](C(=O)NC2CC2)[C@H]2C=C[C@@H]1C2. The minimum Gasteiger partial charge on any atom is -0.481 e. The molecule has 4 nitrogen and oxygen atoms in total. The van der Waals surface area contributed by atoms with Gasteiger partial charge in [-0.25, -0.2) is 0 Å². The van der Waals surface area contributed by atoms with Gasteiger partial charge in [0.25, 0.3) is 0 Å². The standard InChI is InChI=1S/C12H15NO3/c14-11(13-8-3-4-8)9-6-1-2-7(5-6)10(9)12(15)16/h1-2,6-10H,3-5H2,(H,13,14)(H,15,16)/t6-,7+,9+,10+/m0/s1. The molecule has 4 heteroatoms. The lowest BCUT2D eigenvalue weighted by molar-refractivity contribution is -0.147. The second kappa shape index (κ2) is 3.34. The number of rotatable bonds is 3. The van der Waals surface area contributed by atoms with Crippen LogP contribution in [0, 0.1) is 23.7 Å². The van der Waals surface area contributed by atoms with Crippen LogP contribution in [0.4, 0.5) is 0 Å². The molecule has 0 spiro atoms. The van der Waals surface area contributed by atoms with Crippen LogP contribution in [0.3, 0.4) is 0 Å². The zero-order chi connectivity index (χ0) is 11.3. The van der Waals surface area contributed by atoms with E-state index in [2.05, 4.69) is 5.32 Å². The summed E-state index contributed by atoms with van der Waals surface area (Å²) in [4.78, 5) is 23.2. The van der Waals surface area contributed by atoms with E-state index in [4.69, 9.17) is 0 Å². The third-order valence-corrected chi connectivity index (χ3v) is 3.97. The van der Waals surface area contributed by atoms with Gasteiger partial charge in [-0.05, 0) is 31.1 Å². The molecule has 2 bridgehead atoms. The Morgan fingerprint density at radius 2 is 1.75 bits per heavy atom. The highest BCUT2D eigenvalue weighted by molar-refractivity contribution is 5.87. The molecule has 1 amide bonds. The van der Waals surface area contributed by atoms with Crippen molar-refractivity contribution in [3.05, 3.63) is 12.2 Å². The highest BCUT2D eigenvalue weighted by Gasteiger charge is 2.52. The Hall–Kier alpha value is -1.32. The first-order valence-corrected chi connectivity index (χ1v) is 5.88. The summed E-state index contributed by atoms with van der Waals surface area (Å²) in [6.45, 7) is 0. The van der Waals surface area contributed by atoms with Gasteiger partial charge in [0.15, 0.2) is 0 Å². The van der Waals surface area contributed by atoms with Crippen LogP contribution in [0.25, 0.3) is 0 Å². The number of hydrogen-bond acceptors (Lipinski definition) is 2. The summed E-state index contributed by atoms with van der Waals surface area (Å²) in [5, 5.41) is 12.1. The zero-order valence-corrected chi connectivity index (χ0v) is 8.93. The van der Waals surface area contributed by atoms with Crippen LogP contribution in [0.1, 0.15) is 19.3 Å². The fourth-order valence-electron chi connectivity index (χ4n) is 3.04. The highest BCUT2D eigenvalue weighted by Crippen LogP contribution is 2.48. The van der Waals surface area contributed by atoms with Crippen molar-refractivity contribution < 1.29 is 14.7 Å². The number of carbonyl (C=O) groups excluding carboxylic acids is 1. The minimum atomic E-state index is -0.826. The molecular weight excluding hydrogens is 206 g/mol. The molecule has 0 aliphatic heterocycles. The number of allylic oxidation sites excluding steroid dienone is 2. The molecule has 0 aromatic rings. The number of amides is 1. The smallest absolute Gasteiger partial charge is 0.307 e. The molecule has 3 rings (SSSR count). The van der Waals surface area contributed by atoms with E-state index in [0.717, 1.165) is 19.3 Å². The second-order valence-electron chi connectivity index (χ2n) is 5.12. The molecule has 3 aliphatic rings. The van der Waals surface area contributed by atoms with Crippen molar-refractivity contribution in [2.24, 2.45) is 23.7 Å². The maximum absolute atomic E-state index is 12.0. The molecule has 0 radical (unpaired) electrons. The number of hydrogen-bond donors (Lipinski definition) is 2. The van der Waals surface area contributed by atoms with Gasteiger partial charge in [-0.2, -0.15) is 0 Å². The molecule has 0 heterocycles. The Morgan fingerprint density at radius 1 is 1.12 bits per heavy atom. The van der Waals surface area contributed by atoms with Gasteiger partial charge in [-0.3, -0.25) is 9.59 Å². The third-order valence-electron chi connectivity index (χ3n) is 3.97. The molecule has 0 aromatic heterocycles. The summed E-state index contributed by atoms with van der Waals surface area (Å²) >= 11 is 0. The van der Waals surface area contributed by atoms with E-state index in [1.165, 1.54) is 0 Å². The quantitative estimate of drug-likeness (QED) is 0.692. The van der Waals surface area contributed by atoms with E-state index in [9.17, 15) is 14.7 Å². The van der Waals surface area contributed by atoms with E-state index in [0.29, 0.717) is 6.04 Å². The Balaban J connectivity index is 1.78. The topological polar surface area (TPSA) is 66.4 Å². The lowest BCUT2D eigenvalue weighted by atomic mass is 9.82. The zero-order valence-electron chi connectivity index (χ0n) is 8.93. The van der Waals surface area contributed by atoms with Gasteiger partial charge in [-0.1, -0.05) is 12.2 Å². The van der Waals surface area contributed by atoms with E-state index >= 15 is 0 Å². The Labute approximate surface area is 93.7 Å². The van der Waals surface area contributed by atoms with E-state index in [1.54, 1.807) is 0 Å². The summed E-state index contributed by atoms with van der Waals surface area (Å²) < 4.78 is 0. The van der Waals surface area contributed by atoms with Crippen LogP contribution in [0.2, 0.25) is 0 Å². The fourth-order valence-corrected chi connectivity index (χ4v) is 3.04. The molecule has 2 saturated carbocycles. The number of fused-ring (bicyclic) bond motifs is 2. The van der Waals surface area contributed by atoms with Gasteiger partial charge in [0, 0.05) is 6.04 Å². The molecule has 0 unspecified atom stereocenters. The number of carboxylic acid groups (broad SMARTS) is 1.